The fourth-order valence-corrected chi connectivity index (χ4v) is 4.62. The molecule has 116 valence electrons. The standard InChI is InChI=1S/C12H14BrClN2O4S/c1-20-12(17)15-9-4-5-16(7-9)21(18,19)11-3-2-8(13)6-10(11)14/h2-3,6,9H,4-5,7H2,1H3,(H,15,17). The fraction of sp³-hybridized carbons (Fsp3) is 0.417. The van der Waals surface area contributed by atoms with Gasteiger partial charge in [0.2, 0.25) is 10.0 Å². The number of sulfonamides is 1. The smallest absolute Gasteiger partial charge is 0.407 e. The van der Waals surface area contributed by atoms with E-state index >= 15 is 0 Å². The zero-order valence-corrected chi connectivity index (χ0v) is 14.3. The second kappa shape index (κ2) is 6.51. The number of nitrogens with zero attached hydrogens (tertiary/aromatic N) is 1. The molecule has 1 aliphatic heterocycles. The van der Waals surface area contributed by atoms with Crippen LogP contribution in [-0.4, -0.2) is 45.1 Å². The van der Waals surface area contributed by atoms with Crippen molar-refractivity contribution >= 4 is 43.6 Å². The minimum Gasteiger partial charge on any atom is -0.453 e. The summed E-state index contributed by atoms with van der Waals surface area (Å²) < 4.78 is 31.6. The number of ether oxygens (including phenoxy) is 1. The number of halogens is 2. The zero-order valence-electron chi connectivity index (χ0n) is 11.2. The monoisotopic (exact) mass is 396 g/mol. The van der Waals surface area contributed by atoms with Gasteiger partial charge >= 0.3 is 6.09 Å². The van der Waals surface area contributed by atoms with Crippen molar-refractivity contribution in [1.82, 2.24) is 9.62 Å². The highest BCUT2D eigenvalue weighted by Gasteiger charge is 2.34. The Hall–Kier alpha value is -0.830. The van der Waals surface area contributed by atoms with Crippen LogP contribution in [0.15, 0.2) is 27.6 Å². The quantitative estimate of drug-likeness (QED) is 0.848. The van der Waals surface area contributed by atoms with Crippen molar-refractivity contribution in [2.24, 2.45) is 0 Å². The Balaban J connectivity index is 2.16. The molecule has 6 nitrogen and oxygen atoms in total. The van der Waals surface area contributed by atoms with E-state index in [9.17, 15) is 13.2 Å². The van der Waals surface area contributed by atoms with Crippen LogP contribution in [0.4, 0.5) is 4.79 Å². The predicted molar refractivity (Wildman–Crippen MR) is 81.9 cm³/mol. The van der Waals surface area contributed by atoms with E-state index in [-0.39, 0.29) is 22.5 Å². The number of carbonyl (C=O) groups excluding carboxylic acids is 1. The molecule has 1 atom stereocenters. The number of hydrogen-bond acceptors (Lipinski definition) is 4. The zero-order chi connectivity index (χ0) is 15.6. The van der Waals surface area contributed by atoms with Gasteiger partial charge < -0.3 is 10.1 Å². The van der Waals surface area contributed by atoms with E-state index in [1.54, 1.807) is 6.07 Å². The van der Waals surface area contributed by atoms with Gasteiger partial charge in [-0.05, 0) is 24.6 Å². The Morgan fingerprint density at radius 1 is 1.52 bits per heavy atom. The molecule has 1 heterocycles. The van der Waals surface area contributed by atoms with Gasteiger partial charge in [0.1, 0.15) is 4.90 Å². The average molecular weight is 398 g/mol. The number of methoxy groups -OCH3 is 1. The summed E-state index contributed by atoms with van der Waals surface area (Å²) in [7, 11) is -2.41. The lowest BCUT2D eigenvalue weighted by Gasteiger charge is -2.17. The number of rotatable bonds is 3. The van der Waals surface area contributed by atoms with Gasteiger partial charge in [-0.2, -0.15) is 4.31 Å². The molecule has 0 bridgehead atoms. The Kier molecular flexibility index (Phi) is 5.13. The summed E-state index contributed by atoms with van der Waals surface area (Å²) >= 11 is 9.25. The molecule has 1 N–H and O–H groups in total. The van der Waals surface area contributed by atoms with Crippen LogP contribution in [0.25, 0.3) is 0 Å². The van der Waals surface area contributed by atoms with Crippen LogP contribution in [-0.2, 0) is 14.8 Å². The van der Waals surface area contributed by atoms with Gasteiger partial charge in [-0.15, -0.1) is 0 Å². The Morgan fingerprint density at radius 2 is 2.24 bits per heavy atom. The summed E-state index contributed by atoms with van der Waals surface area (Å²) in [6, 6.07) is 4.36. The minimum atomic E-state index is -3.67. The topological polar surface area (TPSA) is 75.7 Å². The van der Waals surface area contributed by atoms with E-state index in [1.807, 2.05) is 0 Å². The summed E-state index contributed by atoms with van der Waals surface area (Å²) in [5, 5.41) is 2.76. The molecule has 1 saturated heterocycles. The summed E-state index contributed by atoms with van der Waals surface area (Å²) in [5.74, 6) is 0. The van der Waals surface area contributed by atoms with Gasteiger partial charge in [0.25, 0.3) is 0 Å². The maximum absolute atomic E-state index is 12.5. The summed E-state index contributed by atoms with van der Waals surface area (Å²) in [4.78, 5) is 11.2. The highest BCUT2D eigenvalue weighted by molar-refractivity contribution is 9.10. The Morgan fingerprint density at radius 3 is 2.86 bits per heavy atom. The molecule has 1 fully saturated rings. The lowest BCUT2D eigenvalue weighted by molar-refractivity contribution is 0.167. The molecule has 21 heavy (non-hydrogen) atoms. The molecular formula is C12H14BrClN2O4S. The van der Waals surface area contributed by atoms with Crippen molar-refractivity contribution in [3.63, 3.8) is 0 Å². The lowest BCUT2D eigenvalue weighted by atomic mass is 10.3. The van der Waals surface area contributed by atoms with Crippen LogP contribution in [0.2, 0.25) is 5.02 Å². The second-order valence-electron chi connectivity index (χ2n) is 4.56. The van der Waals surface area contributed by atoms with Crippen molar-refractivity contribution in [1.29, 1.82) is 0 Å². The van der Waals surface area contributed by atoms with Gasteiger partial charge in [0, 0.05) is 23.6 Å². The number of alkyl carbamates (subject to hydrolysis) is 1. The molecule has 1 aromatic carbocycles. The molecule has 2 rings (SSSR count). The van der Waals surface area contributed by atoms with Gasteiger partial charge in [-0.25, -0.2) is 13.2 Å². The maximum atomic E-state index is 12.5. The summed E-state index contributed by atoms with van der Waals surface area (Å²) in [6.45, 7) is 0.521. The van der Waals surface area contributed by atoms with Gasteiger partial charge in [0.05, 0.1) is 12.1 Å². The highest BCUT2D eigenvalue weighted by atomic mass is 79.9. The number of benzene rings is 1. The molecular weight excluding hydrogens is 384 g/mol. The van der Waals surface area contributed by atoms with E-state index < -0.39 is 16.1 Å². The van der Waals surface area contributed by atoms with E-state index in [1.165, 1.54) is 23.5 Å². The van der Waals surface area contributed by atoms with Gasteiger partial charge in [0.15, 0.2) is 0 Å². The normalized spacial score (nSPS) is 19.5. The third kappa shape index (κ3) is 3.68. The molecule has 1 unspecified atom stereocenters. The predicted octanol–water partition coefficient (Wildman–Crippen LogP) is 2.22. The SMILES string of the molecule is COC(=O)NC1CCN(S(=O)(=O)c2ccc(Br)cc2Cl)C1. The van der Waals surface area contributed by atoms with Crippen LogP contribution in [0.1, 0.15) is 6.42 Å². The largest absolute Gasteiger partial charge is 0.453 e. The number of nitrogens with one attached hydrogen (secondary N) is 1. The van der Waals surface area contributed by atoms with Crippen molar-refractivity contribution in [3.8, 4) is 0 Å². The molecule has 0 aliphatic carbocycles. The molecule has 9 heteroatoms. The van der Waals surface area contributed by atoms with Crippen LogP contribution < -0.4 is 5.32 Å². The lowest BCUT2D eigenvalue weighted by Crippen LogP contribution is -2.38. The van der Waals surface area contributed by atoms with Crippen LogP contribution in [0.3, 0.4) is 0 Å². The Bertz CT molecular complexity index is 653. The second-order valence-corrected chi connectivity index (χ2v) is 7.79. The number of hydrogen-bond donors (Lipinski definition) is 1. The summed E-state index contributed by atoms with van der Waals surface area (Å²) in [5.41, 5.74) is 0. The molecule has 0 aromatic heterocycles. The van der Waals surface area contributed by atoms with Crippen LogP contribution in [0.5, 0.6) is 0 Å². The highest BCUT2D eigenvalue weighted by Crippen LogP contribution is 2.29. The van der Waals surface area contributed by atoms with Crippen LogP contribution in [0, 0.1) is 0 Å². The first-order chi connectivity index (χ1) is 9.84. The van der Waals surface area contributed by atoms with Crippen molar-refractivity contribution in [2.45, 2.75) is 17.4 Å². The molecule has 0 radical (unpaired) electrons. The first kappa shape index (κ1) is 16.5. The first-order valence-corrected chi connectivity index (χ1v) is 8.75. The molecule has 0 spiro atoms. The van der Waals surface area contributed by atoms with E-state index in [0.717, 1.165) is 0 Å². The molecule has 1 amide bonds. The van der Waals surface area contributed by atoms with Crippen molar-refractivity contribution in [2.75, 3.05) is 20.2 Å². The number of carbonyl (C=O) groups is 1. The minimum absolute atomic E-state index is 0.0612. The fourth-order valence-electron chi connectivity index (χ4n) is 2.11. The van der Waals surface area contributed by atoms with E-state index in [4.69, 9.17) is 11.6 Å². The molecule has 1 aromatic rings. The van der Waals surface area contributed by atoms with Crippen molar-refractivity contribution < 1.29 is 17.9 Å². The van der Waals surface area contributed by atoms with Gasteiger partial charge in [-0.1, -0.05) is 27.5 Å². The number of amides is 1. The van der Waals surface area contributed by atoms with Crippen molar-refractivity contribution in [3.05, 3.63) is 27.7 Å². The molecule has 0 saturated carbocycles. The van der Waals surface area contributed by atoms with Crippen LogP contribution >= 0.6 is 27.5 Å². The molecule has 1 aliphatic rings. The first-order valence-electron chi connectivity index (χ1n) is 6.14. The summed E-state index contributed by atoms with van der Waals surface area (Å²) in [6.07, 6.45) is -0.0384. The third-order valence-electron chi connectivity index (χ3n) is 3.17. The van der Waals surface area contributed by atoms with E-state index in [2.05, 4.69) is 26.0 Å². The third-order valence-corrected chi connectivity index (χ3v) is 6.01. The van der Waals surface area contributed by atoms with E-state index in [0.29, 0.717) is 17.4 Å². The average Bonchev–Trinajstić information content (AvgIpc) is 2.87. The van der Waals surface area contributed by atoms with Gasteiger partial charge in [-0.3, -0.25) is 0 Å². The maximum Gasteiger partial charge on any atom is 0.407 e. The Labute approximate surface area is 136 Å².